The number of rotatable bonds is 5. The normalized spacial score (nSPS) is 17.5. The molecular formula is C13H19NO. The first kappa shape index (κ1) is 10.5. The molecule has 1 aromatic rings. The largest absolute Gasteiger partial charge is 0.496 e. The summed E-state index contributed by atoms with van der Waals surface area (Å²) in [7, 11) is 1.73. The maximum absolute atomic E-state index is 5.81. The van der Waals surface area contributed by atoms with E-state index < -0.39 is 0 Å². The Morgan fingerprint density at radius 2 is 2.13 bits per heavy atom. The summed E-state index contributed by atoms with van der Waals surface area (Å²) in [5, 5.41) is 0. The van der Waals surface area contributed by atoms with Crippen LogP contribution < -0.4 is 10.5 Å². The Hall–Kier alpha value is -1.02. The first-order chi connectivity index (χ1) is 7.35. The van der Waals surface area contributed by atoms with Crippen LogP contribution in [0.15, 0.2) is 24.3 Å². The first-order valence-electron chi connectivity index (χ1n) is 5.67. The second-order valence-corrected chi connectivity index (χ2v) is 4.35. The smallest absolute Gasteiger partial charge is 0.122 e. The molecule has 15 heavy (non-hydrogen) atoms. The third-order valence-electron chi connectivity index (χ3n) is 3.27. The molecule has 0 aromatic heterocycles. The molecule has 0 radical (unpaired) electrons. The van der Waals surface area contributed by atoms with Crippen LogP contribution in [0.3, 0.4) is 0 Å². The number of para-hydroxylation sites is 1. The SMILES string of the molecule is COc1ccccc1CC(CN)C1CC1. The Morgan fingerprint density at radius 3 is 2.73 bits per heavy atom. The van der Waals surface area contributed by atoms with Gasteiger partial charge < -0.3 is 10.5 Å². The minimum absolute atomic E-state index is 0.640. The van der Waals surface area contributed by atoms with Gasteiger partial charge in [-0.05, 0) is 49.3 Å². The highest BCUT2D eigenvalue weighted by molar-refractivity contribution is 5.33. The van der Waals surface area contributed by atoms with E-state index in [0.717, 1.165) is 24.6 Å². The van der Waals surface area contributed by atoms with E-state index in [9.17, 15) is 0 Å². The minimum atomic E-state index is 0.640. The lowest BCUT2D eigenvalue weighted by atomic mass is 9.94. The van der Waals surface area contributed by atoms with Gasteiger partial charge in [0.2, 0.25) is 0 Å². The second-order valence-electron chi connectivity index (χ2n) is 4.35. The van der Waals surface area contributed by atoms with Crippen molar-refractivity contribution in [1.82, 2.24) is 0 Å². The number of hydrogen-bond acceptors (Lipinski definition) is 2. The van der Waals surface area contributed by atoms with Crippen LogP contribution in [-0.4, -0.2) is 13.7 Å². The molecule has 0 spiro atoms. The number of nitrogens with two attached hydrogens (primary N) is 1. The van der Waals surface area contributed by atoms with Gasteiger partial charge in [0.1, 0.15) is 5.75 Å². The van der Waals surface area contributed by atoms with Gasteiger partial charge in [0.15, 0.2) is 0 Å². The van der Waals surface area contributed by atoms with Crippen molar-refractivity contribution in [2.24, 2.45) is 17.6 Å². The lowest BCUT2D eigenvalue weighted by molar-refractivity contribution is 0.399. The summed E-state index contributed by atoms with van der Waals surface area (Å²) in [6.07, 6.45) is 3.78. The zero-order valence-electron chi connectivity index (χ0n) is 9.28. The quantitative estimate of drug-likeness (QED) is 0.800. The molecule has 1 aromatic carbocycles. The average Bonchev–Trinajstić information content (AvgIpc) is 3.10. The van der Waals surface area contributed by atoms with Gasteiger partial charge in [-0.2, -0.15) is 0 Å². The topological polar surface area (TPSA) is 35.2 Å². The molecule has 0 bridgehead atoms. The molecule has 1 unspecified atom stereocenters. The molecule has 1 aliphatic carbocycles. The van der Waals surface area contributed by atoms with Gasteiger partial charge >= 0.3 is 0 Å². The molecule has 1 atom stereocenters. The molecular weight excluding hydrogens is 186 g/mol. The summed E-state index contributed by atoms with van der Waals surface area (Å²) >= 11 is 0. The van der Waals surface area contributed by atoms with E-state index in [-0.39, 0.29) is 0 Å². The molecule has 0 aliphatic heterocycles. The summed E-state index contributed by atoms with van der Waals surface area (Å²) in [6, 6.07) is 8.24. The summed E-state index contributed by atoms with van der Waals surface area (Å²) in [4.78, 5) is 0. The number of hydrogen-bond donors (Lipinski definition) is 1. The summed E-state index contributed by atoms with van der Waals surface area (Å²) in [5.41, 5.74) is 7.11. The summed E-state index contributed by atoms with van der Waals surface area (Å²) in [5.74, 6) is 2.50. The maximum atomic E-state index is 5.81. The number of ether oxygens (including phenoxy) is 1. The van der Waals surface area contributed by atoms with E-state index in [1.807, 2.05) is 12.1 Å². The standard InChI is InChI=1S/C13H19NO/c1-15-13-5-3-2-4-11(13)8-12(9-14)10-6-7-10/h2-5,10,12H,6-9,14H2,1H3. The Kier molecular flexibility index (Phi) is 3.27. The lowest BCUT2D eigenvalue weighted by Gasteiger charge is -2.15. The third-order valence-corrected chi connectivity index (χ3v) is 3.27. The fourth-order valence-corrected chi connectivity index (χ4v) is 2.16. The summed E-state index contributed by atoms with van der Waals surface area (Å²) in [6.45, 7) is 0.794. The highest BCUT2D eigenvalue weighted by Crippen LogP contribution is 2.38. The van der Waals surface area contributed by atoms with Crippen LogP contribution in [0.4, 0.5) is 0 Å². The molecule has 2 heteroatoms. The van der Waals surface area contributed by atoms with Gasteiger partial charge in [-0.3, -0.25) is 0 Å². The van der Waals surface area contributed by atoms with Crippen LogP contribution in [0, 0.1) is 11.8 Å². The van der Waals surface area contributed by atoms with Crippen LogP contribution >= 0.6 is 0 Å². The van der Waals surface area contributed by atoms with E-state index >= 15 is 0 Å². The summed E-state index contributed by atoms with van der Waals surface area (Å²) < 4.78 is 5.35. The molecule has 0 saturated heterocycles. The number of methoxy groups -OCH3 is 1. The van der Waals surface area contributed by atoms with Crippen LogP contribution in [-0.2, 0) is 6.42 Å². The van der Waals surface area contributed by atoms with Crippen molar-refractivity contribution in [3.8, 4) is 5.75 Å². The Morgan fingerprint density at radius 1 is 1.40 bits per heavy atom. The van der Waals surface area contributed by atoms with Gasteiger partial charge in [-0.1, -0.05) is 18.2 Å². The Bertz CT molecular complexity index is 320. The molecule has 1 aliphatic rings. The van der Waals surface area contributed by atoms with Crippen molar-refractivity contribution in [2.75, 3.05) is 13.7 Å². The maximum Gasteiger partial charge on any atom is 0.122 e. The van der Waals surface area contributed by atoms with Gasteiger partial charge in [0.05, 0.1) is 7.11 Å². The van der Waals surface area contributed by atoms with Crippen molar-refractivity contribution in [2.45, 2.75) is 19.3 Å². The van der Waals surface area contributed by atoms with E-state index in [1.165, 1.54) is 18.4 Å². The van der Waals surface area contributed by atoms with Gasteiger partial charge in [-0.25, -0.2) is 0 Å². The fourth-order valence-electron chi connectivity index (χ4n) is 2.16. The first-order valence-corrected chi connectivity index (χ1v) is 5.67. The van der Waals surface area contributed by atoms with Crippen molar-refractivity contribution in [3.05, 3.63) is 29.8 Å². The van der Waals surface area contributed by atoms with E-state index in [2.05, 4.69) is 12.1 Å². The fraction of sp³-hybridized carbons (Fsp3) is 0.538. The van der Waals surface area contributed by atoms with E-state index in [0.29, 0.717) is 5.92 Å². The Labute approximate surface area is 91.4 Å². The van der Waals surface area contributed by atoms with Gasteiger partial charge in [0, 0.05) is 0 Å². The highest BCUT2D eigenvalue weighted by Gasteiger charge is 2.30. The molecule has 2 rings (SSSR count). The monoisotopic (exact) mass is 205 g/mol. The predicted octanol–water partition coefficient (Wildman–Crippen LogP) is 2.22. The predicted molar refractivity (Wildman–Crippen MR) is 62.0 cm³/mol. The highest BCUT2D eigenvalue weighted by atomic mass is 16.5. The number of benzene rings is 1. The van der Waals surface area contributed by atoms with Gasteiger partial charge in [-0.15, -0.1) is 0 Å². The van der Waals surface area contributed by atoms with Crippen molar-refractivity contribution in [3.63, 3.8) is 0 Å². The van der Waals surface area contributed by atoms with Crippen LogP contribution in [0.5, 0.6) is 5.75 Å². The van der Waals surface area contributed by atoms with Crippen LogP contribution in [0.1, 0.15) is 18.4 Å². The molecule has 0 amide bonds. The molecule has 1 saturated carbocycles. The minimum Gasteiger partial charge on any atom is -0.496 e. The van der Waals surface area contributed by atoms with Crippen molar-refractivity contribution >= 4 is 0 Å². The van der Waals surface area contributed by atoms with Crippen LogP contribution in [0.25, 0.3) is 0 Å². The molecule has 2 nitrogen and oxygen atoms in total. The molecule has 1 fully saturated rings. The Balaban J connectivity index is 2.07. The van der Waals surface area contributed by atoms with Crippen molar-refractivity contribution in [1.29, 1.82) is 0 Å². The molecule has 82 valence electrons. The second kappa shape index (κ2) is 4.67. The van der Waals surface area contributed by atoms with E-state index in [1.54, 1.807) is 7.11 Å². The van der Waals surface area contributed by atoms with Gasteiger partial charge in [0.25, 0.3) is 0 Å². The lowest BCUT2D eigenvalue weighted by Crippen LogP contribution is -2.19. The van der Waals surface area contributed by atoms with E-state index in [4.69, 9.17) is 10.5 Å². The van der Waals surface area contributed by atoms with Crippen molar-refractivity contribution < 1.29 is 4.74 Å². The molecule has 2 N–H and O–H groups in total. The zero-order chi connectivity index (χ0) is 10.7. The van der Waals surface area contributed by atoms with Crippen LogP contribution in [0.2, 0.25) is 0 Å². The molecule has 0 heterocycles. The average molecular weight is 205 g/mol. The third kappa shape index (κ3) is 2.51. The zero-order valence-corrected chi connectivity index (χ0v) is 9.28.